The average molecular weight is 482 g/mol. The van der Waals surface area contributed by atoms with E-state index < -0.39 is 29.6 Å². The maximum absolute atomic E-state index is 13.5. The number of ether oxygens (including phenoxy) is 1. The first kappa shape index (κ1) is 24.2. The maximum atomic E-state index is 13.5. The molecule has 9 heteroatoms. The summed E-state index contributed by atoms with van der Waals surface area (Å²) < 4.78 is 47.0. The van der Waals surface area contributed by atoms with Gasteiger partial charge in [0.05, 0.1) is 23.4 Å². The fraction of sp³-hybridized carbons (Fsp3) is 0.192. The second-order valence-corrected chi connectivity index (χ2v) is 8.15. The zero-order valence-electron chi connectivity index (χ0n) is 18.8. The summed E-state index contributed by atoms with van der Waals surface area (Å²) >= 11 is 0. The number of aromatic nitrogens is 2. The van der Waals surface area contributed by atoms with Crippen molar-refractivity contribution in [2.75, 3.05) is 0 Å². The van der Waals surface area contributed by atoms with Gasteiger partial charge in [0.15, 0.2) is 6.10 Å². The summed E-state index contributed by atoms with van der Waals surface area (Å²) in [4.78, 5) is 24.2. The molecular weight excluding hydrogens is 461 g/mol. The van der Waals surface area contributed by atoms with Crippen LogP contribution in [0.2, 0.25) is 0 Å². The van der Waals surface area contributed by atoms with Crippen LogP contribution >= 0.6 is 0 Å². The zero-order chi connectivity index (χ0) is 25.3. The Morgan fingerprint density at radius 3 is 2.43 bits per heavy atom. The Labute approximate surface area is 198 Å². The molecule has 4 aromatic rings. The Balaban J connectivity index is 1.82. The van der Waals surface area contributed by atoms with Gasteiger partial charge < -0.3 is 9.84 Å². The molecule has 4 rings (SSSR count). The standard InChI is InChI=1S/C26H21F3N2O4/c1-15-6-8-18(9-7-15)24(32)23-21-11-10-19(26(27,28)29)13-22(21)31(30-23)20-5-3-4-17(12-20)14-35-16(2)25(33)34/h3-13,16H,14H2,1-2H3,(H,33,34)/t16-/m1/s1. The predicted octanol–water partition coefficient (Wildman–Crippen LogP) is 5.57. The largest absolute Gasteiger partial charge is 0.479 e. The van der Waals surface area contributed by atoms with Crippen molar-refractivity contribution in [1.29, 1.82) is 0 Å². The summed E-state index contributed by atoms with van der Waals surface area (Å²) in [5, 5.41) is 13.7. The van der Waals surface area contributed by atoms with E-state index in [0.717, 1.165) is 17.7 Å². The van der Waals surface area contributed by atoms with Crippen molar-refractivity contribution < 1.29 is 32.6 Å². The number of carbonyl (C=O) groups is 2. The van der Waals surface area contributed by atoms with Crippen molar-refractivity contribution >= 4 is 22.7 Å². The lowest BCUT2D eigenvalue weighted by Gasteiger charge is -2.11. The summed E-state index contributed by atoms with van der Waals surface area (Å²) in [6, 6.07) is 16.6. The molecule has 1 heterocycles. The quantitative estimate of drug-likeness (QED) is 0.348. The third-order valence-electron chi connectivity index (χ3n) is 5.54. The maximum Gasteiger partial charge on any atom is 0.416 e. The number of benzene rings is 3. The number of ketones is 1. The molecular formula is C26H21F3N2O4. The Morgan fingerprint density at radius 1 is 1.06 bits per heavy atom. The van der Waals surface area contributed by atoms with Gasteiger partial charge >= 0.3 is 12.1 Å². The fourth-order valence-corrected chi connectivity index (χ4v) is 3.57. The topological polar surface area (TPSA) is 81.4 Å². The number of aliphatic carboxylic acids is 1. The number of carboxylic acids is 1. The van der Waals surface area contributed by atoms with E-state index >= 15 is 0 Å². The number of carboxylic acid groups (broad SMARTS) is 1. The number of rotatable bonds is 7. The van der Waals surface area contributed by atoms with Crippen molar-refractivity contribution in [3.63, 3.8) is 0 Å². The smallest absolute Gasteiger partial charge is 0.416 e. The average Bonchev–Trinajstić information content (AvgIpc) is 3.21. The molecule has 0 saturated heterocycles. The van der Waals surface area contributed by atoms with E-state index in [-0.39, 0.29) is 23.2 Å². The Bertz CT molecular complexity index is 1410. The lowest BCUT2D eigenvalue weighted by atomic mass is 10.0. The molecule has 0 unspecified atom stereocenters. The second kappa shape index (κ2) is 9.34. The van der Waals surface area contributed by atoms with Gasteiger partial charge in [-0.1, -0.05) is 42.0 Å². The molecule has 0 fully saturated rings. The lowest BCUT2D eigenvalue weighted by Crippen LogP contribution is -2.19. The van der Waals surface area contributed by atoms with Gasteiger partial charge in [0.1, 0.15) is 5.69 Å². The molecule has 0 aliphatic carbocycles. The van der Waals surface area contributed by atoms with Gasteiger partial charge in [-0.3, -0.25) is 4.79 Å². The molecule has 0 spiro atoms. The van der Waals surface area contributed by atoms with Crippen molar-refractivity contribution in [3.8, 4) is 5.69 Å². The van der Waals surface area contributed by atoms with Gasteiger partial charge in [0.2, 0.25) is 5.78 Å². The number of hydrogen-bond donors (Lipinski definition) is 1. The molecule has 1 N–H and O–H groups in total. The first-order valence-electron chi connectivity index (χ1n) is 10.7. The molecule has 0 bridgehead atoms. The molecule has 0 saturated carbocycles. The third-order valence-corrected chi connectivity index (χ3v) is 5.54. The number of aryl methyl sites for hydroxylation is 1. The van der Waals surface area contributed by atoms with Gasteiger partial charge in [-0.25, -0.2) is 9.48 Å². The molecule has 0 radical (unpaired) electrons. The predicted molar refractivity (Wildman–Crippen MR) is 123 cm³/mol. The number of fused-ring (bicyclic) bond motifs is 1. The molecule has 1 aromatic heterocycles. The highest BCUT2D eigenvalue weighted by Crippen LogP contribution is 2.33. The molecule has 0 aliphatic rings. The Hall–Kier alpha value is -3.98. The molecule has 1 atom stereocenters. The van der Waals surface area contributed by atoms with Gasteiger partial charge in [-0.05, 0) is 49.7 Å². The minimum absolute atomic E-state index is 0.0243. The lowest BCUT2D eigenvalue weighted by molar-refractivity contribution is -0.149. The van der Waals surface area contributed by atoms with Gasteiger partial charge in [-0.2, -0.15) is 18.3 Å². The summed E-state index contributed by atoms with van der Waals surface area (Å²) in [5.41, 5.74) is 1.61. The summed E-state index contributed by atoms with van der Waals surface area (Å²) in [5.74, 6) is -1.53. The number of alkyl halides is 3. The van der Waals surface area contributed by atoms with Crippen LogP contribution < -0.4 is 0 Å². The molecule has 0 aliphatic heterocycles. The van der Waals surface area contributed by atoms with Crippen molar-refractivity contribution in [2.45, 2.75) is 32.7 Å². The first-order chi connectivity index (χ1) is 16.5. The number of hydrogen-bond acceptors (Lipinski definition) is 4. The minimum Gasteiger partial charge on any atom is -0.479 e. The number of carbonyl (C=O) groups excluding carboxylic acids is 1. The zero-order valence-corrected chi connectivity index (χ0v) is 18.8. The summed E-state index contributed by atoms with van der Waals surface area (Å²) in [6.07, 6.45) is -5.61. The van der Waals surface area contributed by atoms with E-state index in [1.54, 1.807) is 48.5 Å². The highest BCUT2D eigenvalue weighted by Gasteiger charge is 2.32. The van der Waals surface area contributed by atoms with Crippen LogP contribution in [0.3, 0.4) is 0 Å². The number of nitrogens with zero attached hydrogens (tertiary/aromatic N) is 2. The van der Waals surface area contributed by atoms with E-state index in [1.807, 2.05) is 6.92 Å². The molecule has 6 nitrogen and oxygen atoms in total. The van der Waals surface area contributed by atoms with Crippen LogP contribution in [0.5, 0.6) is 0 Å². The van der Waals surface area contributed by atoms with E-state index in [0.29, 0.717) is 16.8 Å². The van der Waals surface area contributed by atoms with Crippen LogP contribution in [0.1, 0.15) is 39.7 Å². The molecule has 3 aromatic carbocycles. The van der Waals surface area contributed by atoms with Crippen LogP contribution in [-0.2, 0) is 22.3 Å². The van der Waals surface area contributed by atoms with Crippen LogP contribution in [-0.4, -0.2) is 32.7 Å². The van der Waals surface area contributed by atoms with Gasteiger partial charge in [0, 0.05) is 10.9 Å². The SMILES string of the molecule is Cc1ccc(C(=O)c2nn(-c3cccc(CO[C@H](C)C(=O)O)c3)c3cc(C(F)(F)F)ccc23)cc1. The van der Waals surface area contributed by atoms with Crippen molar-refractivity contribution in [2.24, 2.45) is 0 Å². The number of halogens is 3. The Kier molecular flexibility index (Phi) is 6.45. The molecule has 0 amide bonds. The highest BCUT2D eigenvalue weighted by atomic mass is 19.4. The monoisotopic (exact) mass is 482 g/mol. The van der Waals surface area contributed by atoms with Crippen molar-refractivity contribution in [1.82, 2.24) is 9.78 Å². The normalized spacial score (nSPS) is 12.6. The Morgan fingerprint density at radius 2 is 1.77 bits per heavy atom. The molecule has 35 heavy (non-hydrogen) atoms. The third kappa shape index (κ3) is 5.09. The van der Waals surface area contributed by atoms with E-state index in [9.17, 15) is 22.8 Å². The minimum atomic E-state index is -4.58. The van der Waals surface area contributed by atoms with Crippen LogP contribution in [0, 0.1) is 6.92 Å². The van der Waals surface area contributed by atoms with Crippen LogP contribution in [0.4, 0.5) is 13.2 Å². The van der Waals surface area contributed by atoms with Crippen molar-refractivity contribution in [3.05, 3.63) is 94.7 Å². The first-order valence-corrected chi connectivity index (χ1v) is 10.7. The van der Waals surface area contributed by atoms with Crippen LogP contribution in [0.25, 0.3) is 16.6 Å². The van der Waals surface area contributed by atoms with E-state index in [4.69, 9.17) is 9.84 Å². The van der Waals surface area contributed by atoms with Gasteiger partial charge in [-0.15, -0.1) is 0 Å². The molecule has 180 valence electrons. The van der Waals surface area contributed by atoms with E-state index in [1.165, 1.54) is 17.7 Å². The second-order valence-electron chi connectivity index (χ2n) is 8.15. The summed E-state index contributed by atoms with van der Waals surface area (Å²) in [6.45, 7) is 3.25. The van der Waals surface area contributed by atoms with Crippen LogP contribution in [0.15, 0.2) is 66.7 Å². The summed E-state index contributed by atoms with van der Waals surface area (Å²) in [7, 11) is 0. The highest BCUT2D eigenvalue weighted by molar-refractivity contribution is 6.15. The van der Waals surface area contributed by atoms with E-state index in [2.05, 4.69) is 5.10 Å². The fourth-order valence-electron chi connectivity index (χ4n) is 3.57. The van der Waals surface area contributed by atoms with Gasteiger partial charge in [0.25, 0.3) is 0 Å².